The Balaban J connectivity index is 2.77. The second-order valence-electron chi connectivity index (χ2n) is 4.32. The molecule has 3 N–H and O–H groups in total. The Bertz CT molecular complexity index is 279. The van der Waals surface area contributed by atoms with Gasteiger partial charge in [0.05, 0.1) is 0 Å². The van der Waals surface area contributed by atoms with Gasteiger partial charge in [-0.3, -0.25) is 11.3 Å². The molecular weight excluding hydrogens is 184 g/mol. The van der Waals surface area contributed by atoms with Gasteiger partial charge >= 0.3 is 0 Å². The lowest BCUT2D eigenvalue weighted by atomic mass is 9.91. The van der Waals surface area contributed by atoms with E-state index in [-0.39, 0.29) is 6.04 Å². The summed E-state index contributed by atoms with van der Waals surface area (Å²) >= 11 is 0. The van der Waals surface area contributed by atoms with Crippen molar-refractivity contribution in [3.8, 4) is 0 Å². The van der Waals surface area contributed by atoms with Gasteiger partial charge in [-0.15, -0.1) is 0 Å². The Kier molecular flexibility index (Phi) is 4.79. The molecule has 0 aliphatic heterocycles. The maximum Gasteiger partial charge on any atom is 0.0485 e. The lowest BCUT2D eigenvalue weighted by molar-refractivity contribution is 0.368. The smallest absolute Gasteiger partial charge is 0.0485 e. The molecule has 0 bridgehead atoms. The van der Waals surface area contributed by atoms with Gasteiger partial charge in [-0.25, -0.2) is 0 Å². The fourth-order valence-electron chi connectivity index (χ4n) is 1.98. The predicted molar refractivity (Wildman–Crippen MR) is 65.3 cm³/mol. The second-order valence-corrected chi connectivity index (χ2v) is 4.32. The Morgan fingerprint density at radius 2 is 1.87 bits per heavy atom. The Labute approximate surface area is 92.8 Å². The quantitative estimate of drug-likeness (QED) is 0.574. The van der Waals surface area contributed by atoms with Crippen molar-refractivity contribution < 1.29 is 0 Å². The average Bonchev–Trinajstić information content (AvgIpc) is 2.22. The molecule has 0 spiro atoms. The molecule has 2 nitrogen and oxygen atoms in total. The minimum Gasteiger partial charge on any atom is -0.271 e. The first-order chi connectivity index (χ1) is 7.19. The number of nitrogens with two attached hydrogens (primary N) is 1. The molecule has 84 valence electrons. The van der Waals surface area contributed by atoms with Gasteiger partial charge < -0.3 is 0 Å². The highest BCUT2D eigenvalue weighted by Gasteiger charge is 2.16. The zero-order chi connectivity index (χ0) is 11.3. The molecule has 1 rings (SSSR count). The molecule has 1 aromatic carbocycles. The van der Waals surface area contributed by atoms with Gasteiger partial charge in [0.15, 0.2) is 0 Å². The first-order valence-electron chi connectivity index (χ1n) is 5.71. The van der Waals surface area contributed by atoms with Crippen LogP contribution in [0.1, 0.15) is 43.9 Å². The van der Waals surface area contributed by atoms with Gasteiger partial charge in [0.1, 0.15) is 0 Å². The van der Waals surface area contributed by atoms with Crippen molar-refractivity contribution in [3.63, 3.8) is 0 Å². The van der Waals surface area contributed by atoms with Gasteiger partial charge in [-0.1, -0.05) is 50.1 Å². The minimum absolute atomic E-state index is 0.269. The van der Waals surface area contributed by atoms with E-state index in [1.54, 1.807) is 0 Å². The largest absolute Gasteiger partial charge is 0.271 e. The first kappa shape index (κ1) is 12.2. The molecule has 2 atom stereocenters. The molecule has 0 fully saturated rings. The van der Waals surface area contributed by atoms with E-state index in [4.69, 9.17) is 5.84 Å². The molecule has 0 aliphatic rings. The molecule has 0 aromatic heterocycles. The molecule has 1 aromatic rings. The average molecular weight is 206 g/mol. The van der Waals surface area contributed by atoms with Crippen LogP contribution < -0.4 is 11.3 Å². The topological polar surface area (TPSA) is 38.0 Å². The Morgan fingerprint density at radius 1 is 1.27 bits per heavy atom. The lowest BCUT2D eigenvalue weighted by Gasteiger charge is -2.23. The zero-order valence-corrected chi connectivity index (χ0v) is 9.96. The lowest BCUT2D eigenvalue weighted by Crippen LogP contribution is -2.32. The third kappa shape index (κ3) is 3.33. The third-order valence-electron chi connectivity index (χ3n) is 2.93. The van der Waals surface area contributed by atoms with Crippen molar-refractivity contribution >= 4 is 0 Å². The zero-order valence-electron chi connectivity index (χ0n) is 9.96. The van der Waals surface area contributed by atoms with Crippen LogP contribution in [0.2, 0.25) is 0 Å². The molecule has 0 aliphatic carbocycles. The summed E-state index contributed by atoms with van der Waals surface area (Å²) in [7, 11) is 0. The van der Waals surface area contributed by atoms with Gasteiger partial charge in [-0.2, -0.15) is 0 Å². The summed E-state index contributed by atoms with van der Waals surface area (Å²) in [6.45, 7) is 6.55. The van der Waals surface area contributed by atoms with Gasteiger partial charge in [-0.05, 0) is 24.8 Å². The van der Waals surface area contributed by atoms with E-state index < -0.39 is 0 Å². The summed E-state index contributed by atoms with van der Waals surface area (Å²) in [6, 6.07) is 8.86. The van der Waals surface area contributed by atoms with Crippen molar-refractivity contribution in [1.29, 1.82) is 0 Å². The predicted octanol–water partition coefficient (Wildman–Crippen LogP) is 2.94. The van der Waals surface area contributed by atoms with Crippen molar-refractivity contribution in [1.82, 2.24) is 5.43 Å². The second kappa shape index (κ2) is 5.89. The normalized spacial score (nSPS) is 14.9. The Hall–Kier alpha value is -0.860. The standard InChI is InChI=1S/C13H22N2/c1-4-5-11(3)13(15-14)12-8-6-10(2)7-9-12/h6-9,11,13,15H,4-5,14H2,1-3H3. The van der Waals surface area contributed by atoms with Gasteiger partial charge in [0, 0.05) is 6.04 Å². The van der Waals surface area contributed by atoms with E-state index in [9.17, 15) is 0 Å². The summed E-state index contributed by atoms with van der Waals surface area (Å²) < 4.78 is 0. The van der Waals surface area contributed by atoms with Crippen LogP contribution in [-0.4, -0.2) is 0 Å². The first-order valence-corrected chi connectivity index (χ1v) is 5.71. The number of rotatable bonds is 5. The SMILES string of the molecule is CCCC(C)C(NN)c1ccc(C)cc1. The van der Waals surface area contributed by atoms with Crippen LogP contribution in [0.25, 0.3) is 0 Å². The summed E-state index contributed by atoms with van der Waals surface area (Å²) in [4.78, 5) is 0. The highest BCUT2D eigenvalue weighted by Crippen LogP contribution is 2.24. The molecule has 0 heterocycles. The number of hydrogen-bond donors (Lipinski definition) is 2. The number of aryl methyl sites for hydroxylation is 1. The molecular formula is C13H22N2. The van der Waals surface area contributed by atoms with Crippen LogP contribution >= 0.6 is 0 Å². The van der Waals surface area contributed by atoms with Crippen LogP contribution in [0.4, 0.5) is 0 Å². The molecule has 15 heavy (non-hydrogen) atoms. The van der Waals surface area contributed by atoms with E-state index in [1.165, 1.54) is 24.0 Å². The number of hydrogen-bond acceptors (Lipinski definition) is 2. The highest BCUT2D eigenvalue weighted by molar-refractivity contribution is 5.24. The monoisotopic (exact) mass is 206 g/mol. The number of hydrazine groups is 1. The summed E-state index contributed by atoms with van der Waals surface area (Å²) in [5.74, 6) is 6.20. The van der Waals surface area contributed by atoms with Crippen molar-refractivity contribution in [2.75, 3.05) is 0 Å². The summed E-state index contributed by atoms with van der Waals surface area (Å²) in [5.41, 5.74) is 5.49. The summed E-state index contributed by atoms with van der Waals surface area (Å²) in [5, 5.41) is 0. The molecule has 0 radical (unpaired) electrons. The molecule has 0 saturated heterocycles. The van der Waals surface area contributed by atoms with Crippen molar-refractivity contribution in [2.24, 2.45) is 11.8 Å². The highest BCUT2D eigenvalue weighted by atomic mass is 15.2. The molecule has 0 amide bonds. The van der Waals surface area contributed by atoms with E-state index in [2.05, 4.69) is 50.5 Å². The van der Waals surface area contributed by atoms with E-state index >= 15 is 0 Å². The van der Waals surface area contributed by atoms with Crippen molar-refractivity contribution in [2.45, 2.75) is 39.7 Å². The van der Waals surface area contributed by atoms with Crippen molar-refractivity contribution in [3.05, 3.63) is 35.4 Å². The summed E-state index contributed by atoms with van der Waals surface area (Å²) in [6.07, 6.45) is 2.40. The fraction of sp³-hybridized carbons (Fsp3) is 0.538. The van der Waals surface area contributed by atoms with E-state index in [1.807, 2.05) is 0 Å². The fourth-order valence-corrected chi connectivity index (χ4v) is 1.98. The maximum atomic E-state index is 5.62. The van der Waals surface area contributed by atoms with E-state index in [0.717, 1.165) is 0 Å². The van der Waals surface area contributed by atoms with Gasteiger partial charge in [0.25, 0.3) is 0 Å². The minimum atomic E-state index is 0.269. The van der Waals surface area contributed by atoms with E-state index in [0.29, 0.717) is 5.92 Å². The van der Waals surface area contributed by atoms with Crippen LogP contribution in [0.5, 0.6) is 0 Å². The number of benzene rings is 1. The maximum absolute atomic E-state index is 5.62. The van der Waals surface area contributed by atoms with Gasteiger partial charge in [0.2, 0.25) is 0 Å². The molecule has 2 heteroatoms. The third-order valence-corrected chi connectivity index (χ3v) is 2.93. The molecule has 0 saturated carbocycles. The van der Waals surface area contributed by atoms with Crippen LogP contribution in [0, 0.1) is 12.8 Å². The van der Waals surface area contributed by atoms with Crippen LogP contribution in [0.15, 0.2) is 24.3 Å². The molecule has 2 unspecified atom stereocenters. The van der Waals surface area contributed by atoms with Crippen LogP contribution in [0.3, 0.4) is 0 Å². The number of nitrogens with one attached hydrogen (secondary N) is 1. The Morgan fingerprint density at radius 3 is 2.33 bits per heavy atom. The van der Waals surface area contributed by atoms with Crippen LogP contribution in [-0.2, 0) is 0 Å².